The second kappa shape index (κ2) is 7.51. The number of amides is 2. The molecule has 19 heavy (non-hydrogen) atoms. The smallest absolute Gasteiger partial charge is 0.251 e. The van der Waals surface area contributed by atoms with Gasteiger partial charge in [0.05, 0.1) is 6.54 Å². The molecule has 1 rings (SSSR count). The van der Waals surface area contributed by atoms with Crippen LogP contribution in [0.4, 0.5) is 4.39 Å². The summed E-state index contributed by atoms with van der Waals surface area (Å²) in [5, 5.41) is 5.15. The molecule has 0 saturated heterocycles. The fraction of sp³-hybridized carbons (Fsp3) is 0.429. The van der Waals surface area contributed by atoms with Crippen LogP contribution in [-0.4, -0.2) is 24.9 Å². The third-order valence-electron chi connectivity index (χ3n) is 2.54. The largest absolute Gasteiger partial charge is 0.355 e. The zero-order valence-corrected chi connectivity index (χ0v) is 11.2. The number of rotatable bonds is 6. The quantitative estimate of drug-likeness (QED) is 0.823. The molecule has 0 atom stereocenters. The van der Waals surface area contributed by atoms with Crippen molar-refractivity contribution in [1.29, 1.82) is 0 Å². The highest BCUT2D eigenvalue weighted by Gasteiger charge is 2.08. The molecule has 0 saturated carbocycles. The summed E-state index contributed by atoms with van der Waals surface area (Å²) in [5.74, 6) is -0.667. The maximum Gasteiger partial charge on any atom is 0.251 e. The van der Waals surface area contributed by atoms with Crippen LogP contribution in [0.25, 0.3) is 0 Å². The molecule has 0 bridgehead atoms. The minimum atomic E-state index is -0.478. The molecule has 104 valence electrons. The van der Waals surface area contributed by atoms with Gasteiger partial charge in [0, 0.05) is 12.1 Å². The predicted molar refractivity (Wildman–Crippen MR) is 71.2 cm³/mol. The first-order valence-corrected chi connectivity index (χ1v) is 6.29. The molecule has 1 aromatic rings. The van der Waals surface area contributed by atoms with Crippen LogP contribution in [0, 0.1) is 11.7 Å². The number of carbonyl (C=O) groups excluding carboxylic acids is 2. The highest BCUT2D eigenvalue weighted by molar-refractivity contribution is 5.96. The minimum absolute atomic E-state index is 0.104. The second-order valence-corrected chi connectivity index (χ2v) is 4.73. The third kappa shape index (κ3) is 5.99. The van der Waals surface area contributed by atoms with Crippen LogP contribution in [0.5, 0.6) is 0 Å². The Morgan fingerprint density at radius 2 is 2.00 bits per heavy atom. The first kappa shape index (κ1) is 15.1. The normalized spacial score (nSPS) is 10.3. The summed E-state index contributed by atoms with van der Waals surface area (Å²) < 4.78 is 12.9. The number of benzene rings is 1. The van der Waals surface area contributed by atoms with E-state index in [0.717, 1.165) is 12.5 Å². The Hall–Kier alpha value is -1.91. The number of nitrogens with one attached hydrogen (secondary N) is 2. The van der Waals surface area contributed by atoms with Gasteiger partial charge in [0.25, 0.3) is 5.91 Å². The van der Waals surface area contributed by atoms with Gasteiger partial charge in [-0.2, -0.15) is 0 Å². The summed E-state index contributed by atoms with van der Waals surface area (Å²) in [5.41, 5.74) is 0.204. The van der Waals surface area contributed by atoms with Crippen LogP contribution in [0.1, 0.15) is 30.6 Å². The Bertz CT molecular complexity index is 447. The van der Waals surface area contributed by atoms with Crippen molar-refractivity contribution in [3.8, 4) is 0 Å². The Labute approximate surface area is 112 Å². The second-order valence-electron chi connectivity index (χ2n) is 4.73. The monoisotopic (exact) mass is 266 g/mol. The molecule has 0 aromatic heterocycles. The Balaban J connectivity index is 2.32. The zero-order valence-electron chi connectivity index (χ0n) is 11.2. The van der Waals surface area contributed by atoms with Crippen molar-refractivity contribution >= 4 is 11.8 Å². The van der Waals surface area contributed by atoms with E-state index in [-0.39, 0.29) is 18.0 Å². The van der Waals surface area contributed by atoms with Crippen molar-refractivity contribution in [2.45, 2.75) is 20.3 Å². The summed E-state index contributed by atoms with van der Waals surface area (Å²) in [7, 11) is 0. The lowest BCUT2D eigenvalue weighted by Crippen LogP contribution is -2.37. The van der Waals surface area contributed by atoms with Crippen LogP contribution in [0.2, 0.25) is 0 Å². The minimum Gasteiger partial charge on any atom is -0.355 e. The van der Waals surface area contributed by atoms with Crippen molar-refractivity contribution in [3.05, 3.63) is 35.6 Å². The summed E-state index contributed by atoms with van der Waals surface area (Å²) in [6, 6.07) is 5.34. The van der Waals surface area contributed by atoms with Crippen molar-refractivity contribution < 1.29 is 14.0 Å². The molecular formula is C14H19FN2O2. The molecule has 1 aromatic carbocycles. The fourth-order valence-corrected chi connectivity index (χ4v) is 1.46. The van der Waals surface area contributed by atoms with Gasteiger partial charge in [0.15, 0.2) is 0 Å². The average molecular weight is 266 g/mol. The lowest BCUT2D eigenvalue weighted by molar-refractivity contribution is -0.120. The standard InChI is InChI=1S/C14H19FN2O2/c1-10(2)6-7-16-13(18)9-17-14(19)11-4-3-5-12(15)8-11/h3-5,8,10H,6-7,9H2,1-2H3,(H,16,18)(H,17,19). The SMILES string of the molecule is CC(C)CCNC(=O)CNC(=O)c1cccc(F)c1. The van der Waals surface area contributed by atoms with Gasteiger partial charge < -0.3 is 10.6 Å². The third-order valence-corrected chi connectivity index (χ3v) is 2.54. The van der Waals surface area contributed by atoms with E-state index in [2.05, 4.69) is 24.5 Å². The van der Waals surface area contributed by atoms with Crippen molar-refractivity contribution in [3.63, 3.8) is 0 Å². The van der Waals surface area contributed by atoms with E-state index < -0.39 is 11.7 Å². The highest BCUT2D eigenvalue weighted by Crippen LogP contribution is 2.02. The first-order valence-electron chi connectivity index (χ1n) is 6.29. The Kier molecular flexibility index (Phi) is 5.99. The van der Waals surface area contributed by atoms with Gasteiger partial charge >= 0.3 is 0 Å². The number of hydrogen-bond donors (Lipinski definition) is 2. The molecule has 0 heterocycles. The molecule has 0 unspecified atom stereocenters. The molecule has 0 aliphatic rings. The zero-order chi connectivity index (χ0) is 14.3. The number of carbonyl (C=O) groups is 2. The van der Waals surface area contributed by atoms with Crippen LogP contribution in [-0.2, 0) is 4.79 Å². The molecule has 0 spiro atoms. The van der Waals surface area contributed by atoms with Crippen LogP contribution in [0.3, 0.4) is 0 Å². The lowest BCUT2D eigenvalue weighted by atomic mass is 10.1. The van der Waals surface area contributed by atoms with E-state index in [0.29, 0.717) is 12.5 Å². The van der Waals surface area contributed by atoms with Gasteiger partial charge in [0.1, 0.15) is 5.82 Å². The molecule has 4 nitrogen and oxygen atoms in total. The lowest BCUT2D eigenvalue weighted by Gasteiger charge is -2.08. The van der Waals surface area contributed by atoms with Crippen molar-refractivity contribution in [1.82, 2.24) is 10.6 Å². The van der Waals surface area contributed by atoms with E-state index in [1.165, 1.54) is 18.2 Å². The van der Waals surface area contributed by atoms with E-state index in [1.807, 2.05) is 0 Å². The van der Waals surface area contributed by atoms with Gasteiger partial charge in [-0.3, -0.25) is 9.59 Å². The van der Waals surface area contributed by atoms with E-state index in [1.54, 1.807) is 0 Å². The molecule has 2 amide bonds. The van der Waals surface area contributed by atoms with E-state index >= 15 is 0 Å². The molecule has 5 heteroatoms. The van der Waals surface area contributed by atoms with E-state index in [4.69, 9.17) is 0 Å². The maximum absolute atomic E-state index is 12.9. The predicted octanol–water partition coefficient (Wildman–Crippen LogP) is 1.72. The van der Waals surface area contributed by atoms with Gasteiger partial charge in [-0.1, -0.05) is 19.9 Å². The van der Waals surface area contributed by atoms with Gasteiger partial charge in [-0.25, -0.2) is 4.39 Å². The highest BCUT2D eigenvalue weighted by atomic mass is 19.1. The average Bonchev–Trinajstić information content (AvgIpc) is 2.35. The molecule has 2 N–H and O–H groups in total. The molecule has 0 aliphatic carbocycles. The summed E-state index contributed by atoms with van der Waals surface area (Å²) in [6.45, 7) is 4.62. The molecular weight excluding hydrogens is 247 g/mol. The van der Waals surface area contributed by atoms with Gasteiger partial charge in [-0.05, 0) is 30.5 Å². The van der Waals surface area contributed by atoms with Crippen LogP contribution >= 0.6 is 0 Å². The molecule has 0 radical (unpaired) electrons. The van der Waals surface area contributed by atoms with Crippen molar-refractivity contribution in [2.75, 3.05) is 13.1 Å². The molecule has 0 aliphatic heterocycles. The van der Waals surface area contributed by atoms with Gasteiger partial charge in [0.2, 0.25) is 5.91 Å². The van der Waals surface area contributed by atoms with Crippen LogP contribution in [0.15, 0.2) is 24.3 Å². The van der Waals surface area contributed by atoms with Crippen LogP contribution < -0.4 is 10.6 Å². The topological polar surface area (TPSA) is 58.2 Å². The van der Waals surface area contributed by atoms with E-state index in [9.17, 15) is 14.0 Å². The maximum atomic E-state index is 12.9. The number of hydrogen-bond acceptors (Lipinski definition) is 2. The Morgan fingerprint density at radius 3 is 2.63 bits per heavy atom. The molecule has 0 fully saturated rings. The number of halogens is 1. The Morgan fingerprint density at radius 1 is 1.26 bits per heavy atom. The summed E-state index contributed by atoms with van der Waals surface area (Å²) >= 11 is 0. The summed E-state index contributed by atoms with van der Waals surface area (Å²) in [4.78, 5) is 23.1. The summed E-state index contributed by atoms with van der Waals surface area (Å²) in [6.07, 6.45) is 0.892. The fourth-order valence-electron chi connectivity index (χ4n) is 1.46. The van der Waals surface area contributed by atoms with Gasteiger partial charge in [-0.15, -0.1) is 0 Å². The van der Waals surface area contributed by atoms with Crippen molar-refractivity contribution in [2.24, 2.45) is 5.92 Å². The first-order chi connectivity index (χ1) is 8.99.